The number of hydrogen-bond donors (Lipinski definition) is 1. The number of nitrogen functional groups attached to an aromatic ring is 1. The summed E-state index contributed by atoms with van der Waals surface area (Å²) in [5.41, 5.74) is 7.92. The molecule has 2 nitrogen and oxygen atoms in total. The zero-order valence-corrected chi connectivity index (χ0v) is 7.90. The molecule has 0 spiro atoms. The molecule has 1 aromatic rings. The molecule has 13 heavy (non-hydrogen) atoms. The van der Waals surface area contributed by atoms with Crippen LogP contribution in [0.2, 0.25) is 0 Å². The van der Waals surface area contributed by atoms with E-state index < -0.39 is 5.82 Å². The van der Waals surface area contributed by atoms with E-state index in [0.29, 0.717) is 5.56 Å². The molecule has 0 saturated heterocycles. The van der Waals surface area contributed by atoms with Gasteiger partial charge in [-0.05, 0) is 37.5 Å². The number of nitrogens with two attached hydrogens (primary N) is 1. The SMILES string of the molecule is Cc1c(C)c(N)c(C#N)c(F)c1C. The van der Waals surface area contributed by atoms with Crippen LogP contribution in [0.5, 0.6) is 0 Å². The van der Waals surface area contributed by atoms with Gasteiger partial charge in [-0.2, -0.15) is 5.26 Å². The Kier molecular flexibility index (Phi) is 2.24. The molecule has 0 radical (unpaired) electrons. The summed E-state index contributed by atoms with van der Waals surface area (Å²) < 4.78 is 13.4. The van der Waals surface area contributed by atoms with E-state index in [1.807, 2.05) is 0 Å². The third kappa shape index (κ3) is 1.25. The van der Waals surface area contributed by atoms with Crippen LogP contribution in [0.15, 0.2) is 0 Å². The summed E-state index contributed by atoms with van der Waals surface area (Å²) in [5.74, 6) is -0.497. The second kappa shape index (κ2) is 3.06. The number of rotatable bonds is 0. The van der Waals surface area contributed by atoms with E-state index in [2.05, 4.69) is 0 Å². The minimum atomic E-state index is -0.497. The number of halogens is 1. The molecule has 3 heteroatoms. The lowest BCUT2D eigenvalue weighted by Gasteiger charge is -2.10. The van der Waals surface area contributed by atoms with Gasteiger partial charge in [-0.25, -0.2) is 4.39 Å². The second-order valence-electron chi connectivity index (χ2n) is 3.09. The molecule has 0 amide bonds. The molecule has 2 N–H and O–H groups in total. The molecule has 0 aliphatic rings. The highest BCUT2D eigenvalue weighted by molar-refractivity contribution is 5.63. The Morgan fingerprint density at radius 1 is 1.15 bits per heavy atom. The predicted octanol–water partition coefficient (Wildman–Crippen LogP) is 2.20. The van der Waals surface area contributed by atoms with E-state index in [0.717, 1.165) is 11.1 Å². The number of anilines is 1. The largest absolute Gasteiger partial charge is 0.397 e. The van der Waals surface area contributed by atoms with Gasteiger partial charge in [0.25, 0.3) is 0 Å². The number of nitriles is 1. The Balaban J connectivity index is 3.69. The van der Waals surface area contributed by atoms with Crippen molar-refractivity contribution < 1.29 is 4.39 Å². The molecule has 0 fully saturated rings. The van der Waals surface area contributed by atoms with Gasteiger partial charge in [0.05, 0.1) is 5.69 Å². The zero-order chi connectivity index (χ0) is 10.2. The van der Waals surface area contributed by atoms with Crippen molar-refractivity contribution in [3.63, 3.8) is 0 Å². The zero-order valence-electron chi connectivity index (χ0n) is 7.90. The number of nitrogens with zero attached hydrogens (tertiary/aromatic N) is 1. The summed E-state index contributed by atoms with van der Waals surface area (Å²) in [6, 6.07) is 1.77. The first-order valence-corrected chi connectivity index (χ1v) is 3.95. The molecule has 0 aromatic heterocycles. The number of benzene rings is 1. The average Bonchev–Trinajstić information content (AvgIpc) is 2.13. The first kappa shape index (κ1) is 9.53. The van der Waals surface area contributed by atoms with Crippen molar-refractivity contribution in [2.75, 3.05) is 5.73 Å². The van der Waals surface area contributed by atoms with Crippen molar-refractivity contribution >= 4 is 5.69 Å². The molecule has 0 saturated carbocycles. The van der Waals surface area contributed by atoms with E-state index in [-0.39, 0.29) is 11.3 Å². The molecule has 1 aromatic carbocycles. The maximum atomic E-state index is 13.4. The van der Waals surface area contributed by atoms with Gasteiger partial charge < -0.3 is 5.73 Å². The number of hydrogen-bond acceptors (Lipinski definition) is 2. The predicted molar refractivity (Wildman–Crippen MR) is 49.7 cm³/mol. The Morgan fingerprint density at radius 2 is 1.69 bits per heavy atom. The lowest BCUT2D eigenvalue weighted by molar-refractivity contribution is 0.613. The summed E-state index contributed by atoms with van der Waals surface area (Å²) in [4.78, 5) is 0. The Labute approximate surface area is 76.8 Å². The molecule has 0 atom stereocenters. The molecular weight excluding hydrogens is 167 g/mol. The lowest BCUT2D eigenvalue weighted by atomic mass is 9.98. The van der Waals surface area contributed by atoms with E-state index in [4.69, 9.17) is 11.0 Å². The highest BCUT2D eigenvalue weighted by Crippen LogP contribution is 2.26. The van der Waals surface area contributed by atoms with Crippen LogP contribution in [-0.4, -0.2) is 0 Å². The van der Waals surface area contributed by atoms with Crippen molar-refractivity contribution in [2.24, 2.45) is 0 Å². The van der Waals surface area contributed by atoms with Crippen molar-refractivity contribution in [1.29, 1.82) is 5.26 Å². The summed E-state index contributed by atoms with van der Waals surface area (Å²) >= 11 is 0. The fraction of sp³-hybridized carbons (Fsp3) is 0.300. The standard InChI is InChI=1S/C10H11FN2/c1-5-6(2)9(11)8(4-12)10(13)7(5)3/h13H2,1-3H3. The normalized spacial score (nSPS) is 9.77. The van der Waals surface area contributed by atoms with E-state index in [1.165, 1.54) is 0 Å². The van der Waals surface area contributed by atoms with E-state index in [1.54, 1.807) is 26.8 Å². The summed E-state index contributed by atoms with van der Waals surface area (Å²) in [6.45, 7) is 5.24. The molecule has 0 unspecified atom stereocenters. The van der Waals surface area contributed by atoms with Gasteiger partial charge in [0.2, 0.25) is 0 Å². The third-order valence-corrected chi connectivity index (χ3v) is 2.46. The molecular formula is C10H11FN2. The van der Waals surface area contributed by atoms with Gasteiger partial charge in [-0.3, -0.25) is 0 Å². The first-order valence-electron chi connectivity index (χ1n) is 3.95. The fourth-order valence-corrected chi connectivity index (χ4v) is 1.25. The monoisotopic (exact) mass is 178 g/mol. The quantitative estimate of drug-likeness (QED) is 0.619. The third-order valence-electron chi connectivity index (χ3n) is 2.46. The summed E-state index contributed by atoms with van der Waals surface area (Å²) in [6.07, 6.45) is 0. The van der Waals surface area contributed by atoms with Crippen LogP contribution >= 0.6 is 0 Å². The average molecular weight is 178 g/mol. The van der Waals surface area contributed by atoms with Crippen molar-refractivity contribution in [1.82, 2.24) is 0 Å². The molecule has 0 aliphatic carbocycles. The Morgan fingerprint density at radius 3 is 2.15 bits per heavy atom. The minimum Gasteiger partial charge on any atom is -0.397 e. The minimum absolute atomic E-state index is 0.0411. The van der Waals surface area contributed by atoms with Crippen LogP contribution in [0, 0.1) is 37.9 Å². The summed E-state index contributed by atoms with van der Waals surface area (Å²) in [7, 11) is 0. The Hall–Kier alpha value is -1.56. The van der Waals surface area contributed by atoms with Crippen LogP contribution in [0.4, 0.5) is 10.1 Å². The molecule has 0 aliphatic heterocycles. The lowest BCUT2D eigenvalue weighted by Crippen LogP contribution is -2.03. The second-order valence-corrected chi connectivity index (χ2v) is 3.09. The van der Waals surface area contributed by atoms with Gasteiger partial charge in [0, 0.05) is 0 Å². The van der Waals surface area contributed by atoms with Crippen molar-refractivity contribution in [3.05, 3.63) is 28.1 Å². The Bertz CT molecular complexity index is 373. The fourth-order valence-electron chi connectivity index (χ4n) is 1.25. The van der Waals surface area contributed by atoms with Crippen molar-refractivity contribution in [3.8, 4) is 6.07 Å². The van der Waals surface area contributed by atoms with E-state index >= 15 is 0 Å². The van der Waals surface area contributed by atoms with Crippen LogP contribution in [0.25, 0.3) is 0 Å². The van der Waals surface area contributed by atoms with Gasteiger partial charge in [0.15, 0.2) is 0 Å². The van der Waals surface area contributed by atoms with Crippen LogP contribution in [-0.2, 0) is 0 Å². The smallest absolute Gasteiger partial charge is 0.146 e. The maximum Gasteiger partial charge on any atom is 0.146 e. The van der Waals surface area contributed by atoms with E-state index in [9.17, 15) is 4.39 Å². The highest BCUT2D eigenvalue weighted by Gasteiger charge is 2.14. The molecule has 68 valence electrons. The van der Waals surface area contributed by atoms with Gasteiger partial charge in [-0.15, -0.1) is 0 Å². The maximum absolute atomic E-state index is 13.4. The topological polar surface area (TPSA) is 49.8 Å². The molecule has 1 rings (SSSR count). The first-order chi connectivity index (χ1) is 6.00. The van der Waals surface area contributed by atoms with Crippen molar-refractivity contribution in [2.45, 2.75) is 20.8 Å². The molecule has 0 bridgehead atoms. The van der Waals surface area contributed by atoms with Gasteiger partial charge in [-0.1, -0.05) is 0 Å². The van der Waals surface area contributed by atoms with Gasteiger partial charge in [0.1, 0.15) is 17.4 Å². The highest BCUT2D eigenvalue weighted by atomic mass is 19.1. The van der Waals surface area contributed by atoms with Crippen LogP contribution < -0.4 is 5.73 Å². The summed E-state index contributed by atoms with van der Waals surface area (Å²) in [5, 5.41) is 8.67. The molecule has 0 heterocycles. The van der Waals surface area contributed by atoms with Crippen LogP contribution in [0.3, 0.4) is 0 Å². The van der Waals surface area contributed by atoms with Crippen LogP contribution in [0.1, 0.15) is 22.3 Å². The van der Waals surface area contributed by atoms with Gasteiger partial charge >= 0.3 is 0 Å².